The third-order valence-electron chi connectivity index (χ3n) is 6.38. The van der Waals surface area contributed by atoms with Crippen LogP contribution >= 0.6 is 11.3 Å². The monoisotopic (exact) mass is 509 g/mol. The molecular formula is C26H31N5O4S. The van der Waals surface area contributed by atoms with Crippen LogP contribution in [-0.4, -0.2) is 57.3 Å². The number of hydrogen-bond acceptors (Lipinski definition) is 8. The van der Waals surface area contributed by atoms with E-state index in [1.165, 1.54) is 0 Å². The lowest BCUT2D eigenvalue weighted by Crippen LogP contribution is -2.41. The van der Waals surface area contributed by atoms with Gasteiger partial charge < -0.3 is 19.1 Å². The van der Waals surface area contributed by atoms with E-state index in [0.717, 1.165) is 47.8 Å². The Morgan fingerprint density at radius 3 is 2.56 bits per heavy atom. The zero-order chi connectivity index (χ0) is 25.3. The molecule has 0 saturated carbocycles. The van der Waals surface area contributed by atoms with Gasteiger partial charge in [0.1, 0.15) is 5.60 Å². The van der Waals surface area contributed by atoms with Gasteiger partial charge in [0.2, 0.25) is 17.6 Å². The average Bonchev–Trinajstić information content (AvgIpc) is 3.60. The molecule has 2 fully saturated rings. The van der Waals surface area contributed by atoms with Crippen molar-refractivity contribution in [3.05, 3.63) is 46.2 Å². The molecule has 0 bridgehead atoms. The number of piperidine rings is 1. The zero-order valence-corrected chi connectivity index (χ0v) is 21.7. The molecular weight excluding hydrogens is 478 g/mol. The molecule has 2 aliphatic heterocycles. The molecule has 0 unspecified atom stereocenters. The minimum atomic E-state index is -0.482. The molecule has 0 N–H and O–H groups in total. The largest absolute Gasteiger partial charge is 0.444 e. The molecule has 0 aliphatic carbocycles. The molecule has 10 heteroatoms. The van der Waals surface area contributed by atoms with Crippen molar-refractivity contribution in [3.63, 3.8) is 0 Å². The topological polar surface area (TPSA) is 102 Å². The zero-order valence-electron chi connectivity index (χ0n) is 20.9. The van der Waals surface area contributed by atoms with Crippen LogP contribution in [0.2, 0.25) is 0 Å². The van der Waals surface area contributed by atoms with Crippen LogP contribution in [0.5, 0.6) is 0 Å². The summed E-state index contributed by atoms with van der Waals surface area (Å²) in [7, 11) is 0. The van der Waals surface area contributed by atoms with Crippen molar-refractivity contribution in [1.82, 2.24) is 20.0 Å². The van der Waals surface area contributed by atoms with Crippen LogP contribution in [0, 0.1) is 0 Å². The molecule has 2 aromatic heterocycles. The van der Waals surface area contributed by atoms with Gasteiger partial charge >= 0.3 is 6.09 Å². The summed E-state index contributed by atoms with van der Waals surface area (Å²) >= 11 is 1.64. The number of carbonyl (C=O) groups is 2. The molecule has 1 aromatic carbocycles. The van der Waals surface area contributed by atoms with Gasteiger partial charge in [-0.3, -0.25) is 4.79 Å². The average molecular weight is 510 g/mol. The summed E-state index contributed by atoms with van der Waals surface area (Å²) < 4.78 is 11.0. The normalized spacial score (nSPS) is 17.1. The highest BCUT2D eigenvalue weighted by molar-refractivity contribution is 7.09. The number of hydrogen-bond donors (Lipinski definition) is 0. The maximum atomic E-state index is 12.3. The summed E-state index contributed by atoms with van der Waals surface area (Å²) in [6.45, 7) is 7.77. The Bertz CT molecular complexity index is 1220. The molecule has 0 radical (unpaired) electrons. The fraction of sp³-hybridized carbons (Fsp3) is 0.500. The number of thiazole rings is 1. The van der Waals surface area contributed by atoms with E-state index in [0.29, 0.717) is 43.6 Å². The first-order valence-electron chi connectivity index (χ1n) is 12.4. The molecule has 2 aliphatic rings. The van der Waals surface area contributed by atoms with E-state index < -0.39 is 5.60 Å². The van der Waals surface area contributed by atoms with E-state index in [9.17, 15) is 9.59 Å². The highest BCUT2D eigenvalue weighted by Crippen LogP contribution is 2.31. The van der Waals surface area contributed by atoms with Gasteiger partial charge in [-0.25, -0.2) is 9.78 Å². The van der Waals surface area contributed by atoms with Gasteiger partial charge in [-0.1, -0.05) is 5.16 Å². The Labute approximate surface area is 214 Å². The fourth-order valence-corrected chi connectivity index (χ4v) is 5.53. The van der Waals surface area contributed by atoms with E-state index in [1.807, 2.05) is 55.3 Å². The van der Waals surface area contributed by atoms with Gasteiger partial charge in [0.15, 0.2) is 0 Å². The first kappa shape index (κ1) is 24.4. The Hall–Kier alpha value is -3.27. The molecule has 2 amide bonds. The molecule has 5 rings (SSSR count). The summed E-state index contributed by atoms with van der Waals surface area (Å²) in [5, 5.41) is 7.26. The minimum Gasteiger partial charge on any atom is -0.444 e. The fourth-order valence-electron chi connectivity index (χ4n) is 4.54. The molecule has 0 atom stereocenters. The van der Waals surface area contributed by atoms with Crippen LogP contribution in [-0.2, 0) is 16.0 Å². The first-order valence-corrected chi connectivity index (χ1v) is 13.3. The number of rotatable bonds is 5. The minimum absolute atomic E-state index is 0.167. The van der Waals surface area contributed by atoms with Crippen molar-refractivity contribution in [2.24, 2.45) is 0 Å². The SMILES string of the molecule is CC(C)(C)OC(=O)N1CCC(c2nc(Cc3nc(-c4ccc(N5CCCC5=O)cc4)no3)cs2)CC1. The maximum Gasteiger partial charge on any atom is 0.410 e. The second-order valence-electron chi connectivity index (χ2n) is 10.3. The smallest absolute Gasteiger partial charge is 0.410 e. The Morgan fingerprint density at radius 2 is 1.89 bits per heavy atom. The van der Waals surface area contributed by atoms with E-state index >= 15 is 0 Å². The van der Waals surface area contributed by atoms with Crippen LogP contribution in [0.3, 0.4) is 0 Å². The summed E-state index contributed by atoms with van der Waals surface area (Å²) in [6, 6.07) is 7.69. The van der Waals surface area contributed by atoms with Crippen molar-refractivity contribution in [2.75, 3.05) is 24.5 Å². The van der Waals surface area contributed by atoms with Crippen molar-refractivity contribution in [3.8, 4) is 11.4 Å². The van der Waals surface area contributed by atoms with Crippen LogP contribution in [0.15, 0.2) is 34.2 Å². The van der Waals surface area contributed by atoms with Crippen LogP contribution in [0.25, 0.3) is 11.4 Å². The van der Waals surface area contributed by atoms with Crippen molar-refractivity contribution < 1.29 is 18.8 Å². The van der Waals surface area contributed by atoms with Crippen molar-refractivity contribution in [2.45, 2.75) is 64.4 Å². The number of anilines is 1. The highest BCUT2D eigenvalue weighted by Gasteiger charge is 2.29. The predicted octanol–water partition coefficient (Wildman–Crippen LogP) is 5.03. The number of aromatic nitrogens is 3. The second kappa shape index (κ2) is 10.0. The van der Waals surface area contributed by atoms with Gasteiger partial charge in [-0.15, -0.1) is 11.3 Å². The Morgan fingerprint density at radius 1 is 1.14 bits per heavy atom. The van der Waals surface area contributed by atoms with E-state index in [4.69, 9.17) is 14.2 Å². The molecule has 2 saturated heterocycles. The lowest BCUT2D eigenvalue weighted by molar-refractivity contribution is -0.117. The second-order valence-corrected chi connectivity index (χ2v) is 11.2. The van der Waals surface area contributed by atoms with Crippen molar-refractivity contribution >= 4 is 29.0 Å². The number of nitrogens with zero attached hydrogens (tertiary/aromatic N) is 5. The maximum absolute atomic E-state index is 12.3. The van der Waals surface area contributed by atoms with Gasteiger partial charge in [0.25, 0.3) is 0 Å². The van der Waals surface area contributed by atoms with Gasteiger partial charge in [0, 0.05) is 48.6 Å². The van der Waals surface area contributed by atoms with Crippen molar-refractivity contribution in [1.29, 1.82) is 0 Å². The molecule has 4 heterocycles. The summed E-state index contributed by atoms with van der Waals surface area (Å²) in [4.78, 5) is 37.2. The van der Waals surface area contributed by atoms with Crippen LogP contribution in [0.4, 0.5) is 10.5 Å². The molecule has 9 nitrogen and oxygen atoms in total. The molecule has 3 aromatic rings. The highest BCUT2D eigenvalue weighted by atomic mass is 32.1. The number of amides is 2. The predicted molar refractivity (Wildman–Crippen MR) is 136 cm³/mol. The summed E-state index contributed by atoms with van der Waals surface area (Å²) in [5.74, 6) is 1.54. The number of likely N-dealkylation sites (tertiary alicyclic amines) is 1. The first-order chi connectivity index (χ1) is 17.2. The third-order valence-corrected chi connectivity index (χ3v) is 7.43. The molecule has 190 valence electrons. The molecule has 0 spiro atoms. The number of ether oxygens (including phenoxy) is 1. The van der Waals surface area contributed by atoms with Gasteiger partial charge in [-0.2, -0.15) is 4.98 Å². The van der Waals surface area contributed by atoms with Gasteiger partial charge in [-0.05, 0) is 64.3 Å². The number of benzene rings is 1. The summed E-state index contributed by atoms with van der Waals surface area (Å²) in [6.07, 6.45) is 3.48. The van der Waals surface area contributed by atoms with E-state index in [-0.39, 0.29) is 12.0 Å². The van der Waals surface area contributed by atoms with E-state index in [1.54, 1.807) is 16.2 Å². The quantitative estimate of drug-likeness (QED) is 0.476. The molecule has 36 heavy (non-hydrogen) atoms. The standard InChI is InChI=1S/C26H31N5O4S/c1-26(2,3)34-25(33)30-13-10-18(11-14-30)24-27-19(16-36-24)15-21-28-23(29-35-21)17-6-8-20(9-7-17)31-12-4-5-22(31)32/h6-9,16,18H,4-5,10-15H2,1-3H3. The van der Waals surface area contributed by atoms with Crippen LogP contribution < -0.4 is 4.90 Å². The lowest BCUT2D eigenvalue weighted by atomic mass is 9.98. The summed E-state index contributed by atoms with van der Waals surface area (Å²) in [5.41, 5.74) is 2.17. The van der Waals surface area contributed by atoms with Crippen LogP contribution in [0.1, 0.15) is 69.0 Å². The lowest BCUT2D eigenvalue weighted by Gasteiger charge is -2.32. The third kappa shape index (κ3) is 5.59. The Balaban J connectivity index is 1.16. The van der Waals surface area contributed by atoms with Gasteiger partial charge in [0.05, 0.1) is 17.1 Å². The number of carbonyl (C=O) groups excluding carboxylic acids is 2. The Kier molecular flexibility index (Phi) is 6.79. The van der Waals surface area contributed by atoms with E-state index in [2.05, 4.69) is 10.1 Å².